The number of ether oxygens (including phenoxy) is 1. The van der Waals surface area contributed by atoms with E-state index in [1.807, 2.05) is 52.8 Å². The van der Waals surface area contributed by atoms with Crippen LogP contribution in [0.1, 0.15) is 103 Å². The van der Waals surface area contributed by atoms with Gasteiger partial charge >= 0.3 is 6.09 Å². The Bertz CT molecular complexity index is 863. The molecule has 0 fully saturated rings. The van der Waals surface area contributed by atoms with Gasteiger partial charge in [-0.2, -0.15) is 0 Å². The first-order chi connectivity index (χ1) is 16.9. The van der Waals surface area contributed by atoms with E-state index in [4.69, 9.17) is 4.74 Å². The fourth-order valence-electron chi connectivity index (χ4n) is 4.09. The van der Waals surface area contributed by atoms with Crippen molar-refractivity contribution in [3.8, 4) is 0 Å². The smallest absolute Gasteiger partial charge is 0.408 e. The molecule has 0 aliphatic carbocycles. The molecular formula is C29H49N3O4. The summed E-state index contributed by atoms with van der Waals surface area (Å²) in [7, 11) is 0. The van der Waals surface area contributed by atoms with Crippen LogP contribution in [-0.2, 0) is 14.3 Å². The first-order valence-electron chi connectivity index (χ1n) is 13.5. The topological polar surface area (TPSA) is 87.7 Å². The van der Waals surface area contributed by atoms with Crippen molar-refractivity contribution >= 4 is 17.9 Å². The van der Waals surface area contributed by atoms with Gasteiger partial charge in [-0.25, -0.2) is 4.79 Å². The lowest BCUT2D eigenvalue weighted by atomic mass is 9.93. The average Bonchev–Trinajstić information content (AvgIpc) is 2.80. The van der Waals surface area contributed by atoms with Crippen LogP contribution in [0.4, 0.5) is 4.79 Å². The standard InChI is InChI=1S/C29H49N3O4/c1-10-13-14-17-30-26(33)25(23-19-20(4)15-16-22(23)6)32(18-11-2)27(34)24(21(5)12-3)31-28(35)36-29(7,8)9/h15-16,19,21,24-25H,10-14,17-18H2,1-9H3,(H,30,33)(H,31,35). The number of benzene rings is 1. The zero-order valence-corrected chi connectivity index (χ0v) is 24.0. The van der Waals surface area contributed by atoms with E-state index < -0.39 is 23.8 Å². The van der Waals surface area contributed by atoms with Crippen molar-refractivity contribution in [3.63, 3.8) is 0 Å². The fourth-order valence-corrected chi connectivity index (χ4v) is 4.09. The second kappa shape index (κ2) is 14.9. The summed E-state index contributed by atoms with van der Waals surface area (Å²) in [6.07, 6.45) is 3.70. The number of alkyl carbamates (subject to hydrolysis) is 1. The zero-order valence-electron chi connectivity index (χ0n) is 24.0. The SMILES string of the molecule is CCCCCNC(=O)C(c1cc(C)ccc1C)N(CCC)C(=O)C(NC(=O)OC(C)(C)C)C(C)CC. The van der Waals surface area contributed by atoms with Gasteiger partial charge < -0.3 is 20.3 Å². The summed E-state index contributed by atoms with van der Waals surface area (Å²) < 4.78 is 5.46. The van der Waals surface area contributed by atoms with E-state index >= 15 is 0 Å². The highest BCUT2D eigenvalue weighted by molar-refractivity contribution is 5.92. The first-order valence-corrected chi connectivity index (χ1v) is 13.5. The molecule has 0 saturated heterocycles. The number of nitrogens with zero attached hydrogens (tertiary/aromatic N) is 1. The van der Waals surface area contributed by atoms with Gasteiger partial charge in [0, 0.05) is 13.1 Å². The molecule has 7 nitrogen and oxygen atoms in total. The second-order valence-electron chi connectivity index (χ2n) is 10.8. The quantitative estimate of drug-likeness (QED) is 0.332. The summed E-state index contributed by atoms with van der Waals surface area (Å²) in [5.74, 6) is -0.607. The summed E-state index contributed by atoms with van der Waals surface area (Å²) in [4.78, 5) is 42.1. The van der Waals surface area contributed by atoms with Crippen LogP contribution >= 0.6 is 0 Å². The number of aryl methyl sites for hydroxylation is 2. The van der Waals surface area contributed by atoms with E-state index in [1.165, 1.54) is 0 Å². The van der Waals surface area contributed by atoms with Crippen LogP contribution in [0, 0.1) is 19.8 Å². The second-order valence-corrected chi connectivity index (χ2v) is 10.8. The van der Waals surface area contributed by atoms with Crippen molar-refractivity contribution in [2.75, 3.05) is 13.1 Å². The Morgan fingerprint density at radius 1 is 1.03 bits per heavy atom. The average molecular weight is 504 g/mol. The number of unbranched alkanes of at least 4 members (excludes halogenated alkanes) is 2. The third kappa shape index (κ3) is 9.82. The Kier molecular flexibility index (Phi) is 13.0. The molecule has 3 unspecified atom stereocenters. The maximum absolute atomic E-state index is 14.1. The molecule has 0 spiro atoms. The molecule has 0 radical (unpaired) electrons. The van der Waals surface area contributed by atoms with Crippen molar-refractivity contribution in [3.05, 3.63) is 34.9 Å². The fraction of sp³-hybridized carbons (Fsp3) is 0.690. The van der Waals surface area contributed by atoms with Gasteiger partial charge in [-0.3, -0.25) is 9.59 Å². The van der Waals surface area contributed by atoms with Gasteiger partial charge in [-0.05, 0) is 64.5 Å². The molecule has 0 saturated carbocycles. The Hall–Kier alpha value is -2.57. The lowest BCUT2D eigenvalue weighted by molar-refractivity contribution is -0.143. The molecule has 1 aromatic rings. The number of nitrogens with one attached hydrogen (secondary N) is 2. The van der Waals surface area contributed by atoms with E-state index in [0.717, 1.165) is 36.0 Å². The van der Waals surface area contributed by atoms with Crippen molar-refractivity contribution in [1.29, 1.82) is 0 Å². The normalized spacial score (nSPS) is 13.9. The van der Waals surface area contributed by atoms with Crippen LogP contribution in [0.2, 0.25) is 0 Å². The summed E-state index contributed by atoms with van der Waals surface area (Å²) in [6.45, 7) is 18.3. The molecule has 2 N–H and O–H groups in total. The van der Waals surface area contributed by atoms with Crippen LogP contribution in [-0.4, -0.2) is 47.5 Å². The van der Waals surface area contributed by atoms with Crippen LogP contribution in [0.3, 0.4) is 0 Å². The van der Waals surface area contributed by atoms with Crippen LogP contribution in [0.5, 0.6) is 0 Å². The summed E-state index contributed by atoms with van der Waals surface area (Å²) >= 11 is 0. The number of carbonyl (C=O) groups is 3. The Balaban J connectivity index is 3.46. The maximum Gasteiger partial charge on any atom is 0.408 e. The molecule has 0 heterocycles. The van der Waals surface area contributed by atoms with Gasteiger partial charge in [0.25, 0.3) is 0 Å². The van der Waals surface area contributed by atoms with Crippen LogP contribution < -0.4 is 10.6 Å². The van der Waals surface area contributed by atoms with E-state index in [-0.39, 0.29) is 17.7 Å². The number of hydrogen-bond donors (Lipinski definition) is 2. The Morgan fingerprint density at radius 2 is 1.69 bits per heavy atom. The number of amides is 3. The highest BCUT2D eigenvalue weighted by Crippen LogP contribution is 2.28. The first kappa shape index (κ1) is 31.5. The zero-order chi connectivity index (χ0) is 27.5. The van der Waals surface area contributed by atoms with Gasteiger partial charge in [-0.1, -0.05) is 70.7 Å². The molecule has 7 heteroatoms. The summed E-state index contributed by atoms with van der Waals surface area (Å²) in [5.41, 5.74) is 2.09. The minimum Gasteiger partial charge on any atom is -0.444 e. The number of carbonyl (C=O) groups excluding carboxylic acids is 3. The highest BCUT2D eigenvalue weighted by Gasteiger charge is 2.38. The largest absolute Gasteiger partial charge is 0.444 e. The lowest BCUT2D eigenvalue weighted by Gasteiger charge is -2.36. The predicted octanol–water partition coefficient (Wildman–Crippen LogP) is 5.83. The highest BCUT2D eigenvalue weighted by atomic mass is 16.6. The molecule has 204 valence electrons. The van der Waals surface area contributed by atoms with Gasteiger partial charge in [0.1, 0.15) is 17.7 Å². The van der Waals surface area contributed by atoms with Gasteiger partial charge in [-0.15, -0.1) is 0 Å². The van der Waals surface area contributed by atoms with Crippen molar-refractivity contribution < 1.29 is 19.1 Å². The summed E-state index contributed by atoms with van der Waals surface area (Å²) in [6, 6.07) is 4.39. The Morgan fingerprint density at radius 3 is 2.25 bits per heavy atom. The molecule has 3 atom stereocenters. The minimum absolute atomic E-state index is 0.142. The molecule has 0 aliphatic rings. The molecule has 0 aromatic heterocycles. The monoisotopic (exact) mass is 503 g/mol. The van der Waals surface area contributed by atoms with E-state index in [0.29, 0.717) is 25.9 Å². The van der Waals surface area contributed by atoms with Gasteiger partial charge in [0.2, 0.25) is 11.8 Å². The van der Waals surface area contributed by atoms with Gasteiger partial charge in [0.05, 0.1) is 0 Å². The lowest BCUT2D eigenvalue weighted by Crippen LogP contribution is -2.55. The molecule has 1 aromatic carbocycles. The maximum atomic E-state index is 14.1. The van der Waals surface area contributed by atoms with Gasteiger partial charge in [0.15, 0.2) is 0 Å². The van der Waals surface area contributed by atoms with Crippen molar-refractivity contribution in [2.24, 2.45) is 5.92 Å². The van der Waals surface area contributed by atoms with E-state index in [1.54, 1.807) is 25.7 Å². The Labute approximate surface area is 218 Å². The number of hydrogen-bond acceptors (Lipinski definition) is 4. The molecule has 3 amide bonds. The summed E-state index contributed by atoms with van der Waals surface area (Å²) in [5, 5.41) is 5.88. The van der Waals surface area contributed by atoms with E-state index in [2.05, 4.69) is 17.6 Å². The van der Waals surface area contributed by atoms with Crippen LogP contribution in [0.15, 0.2) is 18.2 Å². The van der Waals surface area contributed by atoms with E-state index in [9.17, 15) is 14.4 Å². The predicted molar refractivity (Wildman–Crippen MR) is 146 cm³/mol. The molecule has 0 aliphatic heterocycles. The van der Waals surface area contributed by atoms with Crippen LogP contribution in [0.25, 0.3) is 0 Å². The molecular weight excluding hydrogens is 454 g/mol. The minimum atomic E-state index is -0.808. The third-order valence-corrected chi connectivity index (χ3v) is 6.27. The van der Waals surface area contributed by atoms with Crippen molar-refractivity contribution in [1.82, 2.24) is 15.5 Å². The third-order valence-electron chi connectivity index (χ3n) is 6.27. The molecule has 1 rings (SSSR count). The van der Waals surface area contributed by atoms with Crippen molar-refractivity contribution in [2.45, 2.75) is 112 Å². The molecule has 36 heavy (non-hydrogen) atoms. The number of rotatable bonds is 13. The molecule has 0 bridgehead atoms.